The molecule has 1 saturated carbocycles. The Labute approximate surface area is 152 Å². The Morgan fingerprint density at radius 1 is 1.23 bits per heavy atom. The molecule has 3 N–H and O–H groups in total. The number of nitrogens with one attached hydrogen (secondary N) is 2. The SMILES string of the molecule is N#Cc1ccc(NC(=O)c2cccnc2NC[C@@H]2CCCC[C@@H]2O)cc1. The molecule has 3 rings (SSSR count). The van der Waals surface area contributed by atoms with Crippen LogP contribution < -0.4 is 10.6 Å². The van der Waals surface area contributed by atoms with Gasteiger partial charge in [-0.15, -0.1) is 0 Å². The van der Waals surface area contributed by atoms with Crippen LogP contribution in [0.5, 0.6) is 0 Å². The molecule has 1 aliphatic carbocycles. The number of rotatable bonds is 5. The molecule has 0 spiro atoms. The van der Waals surface area contributed by atoms with Gasteiger partial charge in [0.25, 0.3) is 5.91 Å². The number of nitrogens with zero attached hydrogens (tertiary/aromatic N) is 2. The van der Waals surface area contributed by atoms with Gasteiger partial charge in [-0.25, -0.2) is 4.98 Å². The molecule has 6 heteroatoms. The molecule has 2 atom stereocenters. The lowest BCUT2D eigenvalue weighted by Crippen LogP contribution is -2.31. The Balaban J connectivity index is 1.67. The second-order valence-electron chi connectivity index (χ2n) is 6.54. The van der Waals surface area contributed by atoms with Gasteiger partial charge in [0.1, 0.15) is 5.82 Å². The van der Waals surface area contributed by atoms with Crippen LogP contribution in [0.4, 0.5) is 11.5 Å². The summed E-state index contributed by atoms with van der Waals surface area (Å²) >= 11 is 0. The highest BCUT2D eigenvalue weighted by Crippen LogP contribution is 2.25. The van der Waals surface area contributed by atoms with Crippen LogP contribution >= 0.6 is 0 Å². The lowest BCUT2D eigenvalue weighted by atomic mass is 9.86. The molecular formula is C20H22N4O2. The Kier molecular flexibility index (Phi) is 5.82. The number of aliphatic hydroxyl groups excluding tert-OH is 1. The largest absolute Gasteiger partial charge is 0.393 e. The first-order valence-electron chi connectivity index (χ1n) is 8.86. The van der Waals surface area contributed by atoms with Crippen LogP contribution in [0.15, 0.2) is 42.6 Å². The molecule has 0 aliphatic heterocycles. The molecule has 2 aromatic rings. The lowest BCUT2D eigenvalue weighted by Gasteiger charge is -2.28. The molecule has 1 fully saturated rings. The van der Waals surface area contributed by atoms with E-state index in [2.05, 4.69) is 15.6 Å². The fourth-order valence-electron chi connectivity index (χ4n) is 3.21. The summed E-state index contributed by atoms with van der Waals surface area (Å²) in [5.41, 5.74) is 1.60. The molecular weight excluding hydrogens is 328 g/mol. The second-order valence-corrected chi connectivity index (χ2v) is 6.54. The minimum absolute atomic E-state index is 0.181. The van der Waals surface area contributed by atoms with Crippen molar-refractivity contribution in [3.63, 3.8) is 0 Å². The molecule has 0 radical (unpaired) electrons. The summed E-state index contributed by atoms with van der Waals surface area (Å²) in [6, 6.07) is 12.2. The second kappa shape index (κ2) is 8.45. The van der Waals surface area contributed by atoms with Crippen LogP contribution in [0.2, 0.25) is 0 Å². The van der Waals surface area contributed by atoms with Crippen molar-refractivity contribution in [1.82, 2.24) is 4.98 Å². The van der Waals surface area contributed by atoms with Gasteiger partial charge in [-0.05, 0) is 49.2 Å². The van der Waals surface area contributed by atoms with E-state index in [1.807, 2.05) is 6.07 Å². The highest BCUT2D eigenvalue weighted by molar-refractivity contribution is 6.07. The first-order chi connectivity index (χ1) is 12.7. The van der Waals surface area contributed by atoms with E-state index in [9.17, 15) is 9.90 Å². The molecule has 1 aliphatic rings. The molecule has 1 aromatic carbocycles. The zero-order chi connectivity index (χ0) is 18.4. The van der Waals surface area contributed by atoms with Crippen molar-refractivity contribution in [2.75, 3.05) is 17.2 Å². The zero-order valence-corrected chi connectivity index (χ0v) is 14.5. The van der Waals surface area contributed by atoms with E-state index in [-0.39, 0.29) is 17.9 Å². The smallest absolute Gasteiger partial charge is 0.259 e. The zero-order valence-electron chi connectivity index (χ0n) is 14.5. The van der Waals surface area contributed by atoms with E-state index in [1.165, 1.54) is 0 Å². The highest BCUT2D eigenvalue weighted by atomic mass is 16.3. The van der Waals surface area contributed by atoms with Crippen LogP contribution in [-0.2, 0) is 0 Å². The minimum atomic E-state index is -0.295. The van der Waals surface area contributed by atoms with Crippen LogP contribution in [-0.4, -0.2) is 28.6 Å². The lowest BCUT2D eigenvalue weighted by molar-refractivity contribution is 0.0763. The number of amides is 1. The number of anilines is 2. The number of carbonyl (C=O) groups is 1. The van der Waals surface area contributed by atoms with Gasteiger partial charge >= 0.3 is 0 Å². The van der Waals surface area contributed by atoms with Crippen molar-refractivity contribution in [2.45, 2.75) is 31.8 Å². The van der Waals surface area contributed by atoms with E-state index in [0.717, 1.165) is 25.7 Å². The topological polar surface area (TPSA) is 98.0 Å². The van der Waals surface area contributed by atoms with Crippen molar-refractivity contribution in [3.05, 3.63) is 53.7 Å². The Morgan fingerprint density at radius 2 is 2.00 bits per heavy atom. The van der Waals surface area contributed by atoms with Crippen molar-refractivity contribution >= 4 is 17.4 Å². The molecule has 26 heavy (non-hydrogen) atoms. The normalized spacial score (nSPS) is 19.4. The molecule has 0 unspecified atom stereocenters. The Bertz CT molecular complexity index is 798. The van der Waals surface area contributed by atoms with Crippen molar-refractivity contribution in [2.24, 2.45) is 5.92 Å². The average molecular weight is 350 g/mol. The van der Waals surface area contributed by atoms with Gasteiger partial charge < -0.3 is 15.7 Å². The third kappa shape index (κ3) is 4.38. The van der Waals surface area contributed by atoms with Gasteiger partial charge in [-0.2, -0.15) is 5.26 Å². The number of nitriles is 1. The minimum Gasteiger partial charge on any atom is -0.393 e. The quantitative estimate of drug-likeness (QED) is 0.769. The first kappa shape index (κ1) is 17.9. The van der Waals surface area contributed by atoms with E-state index < -0.39 is 0 Å². The monoisotopic (exact) mass is 350 g/mol. The predicted molar refractivity (Wildman–Crippen MR) is 99.8 cm³/mol. The highest BCUT2D eigenvalue weighted by Gasteiger charge is 2.23. The third-order valence-corrected chi connectivity index (χ3v) is 4.72. The Hall–Kier alpha value is -2.91. The fourth-order valence-corrected chi connectivity index (χ4v) is 3.21. The maximum Gasteiger partial charge on any atom is 0.259 e. The summed E-state index contributed by atoms with van der Waals surface area (Å²) in [6.45, 7) is 0.593. The number of aliphatic hydroxyl groups is 1. The number of aromatic nitrogens is 1. The molecule has 1 aromatic heterocycles. The molecule has 1 amide bonds. The standard InChI is InChI=1S/C20H22N4O2/c21-12-14-7-9-16(10-8-14)24-20(26)17-5-3-11-22-19(17)23-13-15-4-1-2-6-18(15)25/h3,5,7-11,15,18,25H,1-2,4,6,13H2,(H,22,23)(H,24,26)/t15-,18-/m0/s1. The first-order valence-corrected chi connectivity index (χ1v) is 8.86. The van der Waals surface area contributed by atoms with Crippen LogP contribution in [0, 0.1) is 17.2 Å². The number of hydrogen-bond acceptors (Lipinski definition) is 5. The molecule has 1 heterocycles. The summed E-state index contributed by atoms with van der Waals surface area (Å²) in [7, 11) is 0. The average Bonchev–Trinajstić information content (AvgIpc) is 2.68. The predicted octanol–water partition coefficient (Wildman–Crippen LogP) is 3.17. The number of benzene rings is 1. The molecule has 134 valence electrons. The maximum atomic E-state index is 12.6. The van der Waals surface area contributed by atoms with Gasteiger partial charge in [0.2, 0.25) is 0 Å². The van der Waals surface area contributed by atoms with Gasteiger partial charge in [-0.1, -0.05) is 12.8 Å². The van der Waals surface area contributed by atoms with Crippen LogP contribution in [0.3, 0.4) is 0 Å². The number of carbonyl (C=O) groups excluding carboxylic acids is 1. The van der Waals surface area contributed by atoms with Crippen molar-refractivity contribution in [3.8, 4) is 6.07 Å². The maximum absolute atomic E-state index is 12.6. The van der Waals surface area contributed by atoms with Crippen LogP contribution in [0.25, 0.3) is 0 Å². The summed E-state index contributed by atoms with van der Waals surface area (Å²) in [5, 5.41) is 25.0. The van der Waals surface area contributed by atoms with Crippen LogP contribution in [0.1, 0.15) is 41.6 Å². The van der Waals surface area contributed by atoms with E-state index in [4.69, 9.17) is 5.26 Å². The van der Waals surface area contributed by atoms with Crippen molar-refractivity contribution in [1.29, 1.82) is 5.26 Å². The van der Waals surface area contributed by atoms with Gasteiger partial charge in [0.05, 0.1) is 23.3 Å². The molecule has 6 nitrogen and oxygen atoms in total. The molecule has 0 saturated heterocycles. The summed E-state index contributed by atoms with van der Waals surface area (Å²) < 4.78 is 0. The third-order valence-electron chi connectivity index (χ3n) is 4.72. The van der Waals surface area contributed by atoms with E-state index >= 15 is 0 Å². The van der Waals surface area contributed by atoms with Crippen molar-refractivity contribution < 1.29 is 9.90 Å². The van der Waals surface area contributed by atoms with Gasteiger partial charge in [-0.3, -0.25) is 4.79 Å². The van der Waals surface area contributed by atoms with E-state index in [1.54, 1.807) is 42.6 Å². The molecule has 0 bridgehead atoms. The Morgan fingerprint density at radius 3 is 2.73 bits per heavy atom. The summed E-state index contributed by atoms with van der Waals surface area (Å²) in [5.74, 6) is 0.422. The van der Waals surface area contributed by atoms with Gasteiger partial charge in [0, 0.05) is 24.3 Å². The number of hydrogen-bond donors (Lipinski definition) is 3. The van der Waals surface area contributed by atoms with E-state index in [0.29, 0.717) is 29.2 Å². The summed E-state index contributed by atoms with van der Waals surface area (Å²) in [4.78, 5) is 16.9. The fraction of sp³-hybridized carbons (Fsp3) is 0.350. The number of pyridine rings is 1. The van der Waals surface area contributed by atoms with Gasteiger partial charge in [0.15, 0.2) is 0 Å². The summed E-state index contributed by atoms with van der Waals surface area (Å²) in [6.07, 6.45) is 5.35.